The van der Waals surface area contributed by atoms with Gasteiger partial charge in [-0.05, 0) is 63.8 Å². The number of amides is 1. The van der Waals surface area contributed by atoms with Gasteiger partial charge >= 0.3 is 6.09 Å². The van der Waals surface area contributed by atoms with Gasteiger partial charge in [-0.1, -0.05) is 19.9 Å². The van der Waals surface area contributed by atoms with Gasteiger partial charge in [0.1, 0.15) is 5.60 Å². The van der Waals surface area contributed by atoms with E-state index in [1.54, 1.807) is 0 Å². The summed E-state index contributed by atoms with van der Waals surface area (Å²) in [5.74, 6) is 0. The summed E-state index contributed by atoms with van der Waals surface area (Å²) in [6, 6.07) is 8.14. The highest BCUT2D eigenvalue weighted by molar-refractivity contribution is 5.68. The molecule has 2 heterocycles. The molecule has 1 fully saturated rings. The second kappa shape index (κ2) is 8.32. The molecule has 1 aromatic rings. The van der Waals surface area contributed by atoms with E-state index in [0.717, 1.165) is 26.1 Å². The summed E-state index contributed by atoms with van der Waals surface area (Å²) in [7, 11) is 0. The normalized spacial score (nSPS) is 21.6. The molecule has 3 rings (SSSR count). The lowest BCUT2D eigenvalue weighted by molar-refractivity contribution is 0.0240. The van der Waals surface area contributed by atoms with Gasteiger partial charge in [0, 0.05) is 50.5 Å². The molecule has 156 valence electrons. The van der Waals surface area contributed by atoms with Crippen molar-refractivity contribution in [3.63, 3.8) is 0 Å². The zero-order valence-corrected chi connectivity index (χ0v) is 18.5. The number of piperazine rings is 1. The number of benzene rings is 1. The molecule has 2 unspecified atom stereocenters. The second-order valence-electron chi connectivity index (χ2n) is 9.19. The standard InChI is InChI=1S/C23H37N3O2/c1-7-17(3)26-16-18-15-19(9-10-20(18)21(26)8-2)24-11-13-25(14-12-24)22(27)28-23(4,5)6/h9-10,15,17,21H,7-8,11-14,16H2,1-6H3. The van der Waals surface area contributed by atoms with Crippen molar-refractivity contribution in [2.45, 2.75) is 78.6 Å². The Morgan fingerprint density at radius 1 is 1.18 bits per heavy atom. The van der Waals surface area contributed by atoms with Crippen LogP contribution in [0.25, 0.3) is 0 Å². The van der Waals surface area contributed by atoms with Crippen molar-refractivity contribution in [1.29, 1.82) is 0 Å². The van der Waals surface area contributed by atoms with Crippen LogP contribution in [0.5, 0.6) is 0 Å². The van der Waals surface area contributed by atoms with Crippen LogP contribution < -0.4 is 4.90 Å². The number of rotatable bonds is 4. The number of ether oxygens (including phenoxy) is 1. The summed E-state index contributed by atoms with van der Waals surface area (Å²) < 4.78 is 5.51. The number of hydrogen-bond acceptors (Lipinski definition) is 4. The minimum atomic E-state index is -0.439. The van der Waals surface area contributed by atoms with Gasteiger partial charge in [-0.3, -0.25) is 4.90 Å². The Balaban J connectivity index is 1.65. The summed E-state index contributed by atoms with van der Waals surface area (Å²) in [6.45, 7) is 16.8. The lowest BCUT2D eigenvalue weighted by atomic mass is 10.0. The predicted molar refractivity (Wildman–Crippen MR) is 115 cm³/mol. The first-order valence-corrected chi connectivity index (χ1v) is 10.8. The molecule has 1 saturated heterocycles. The van der Waals surface area contributed by atoms with Gasteiger partial charge in [0.2, 0.25) is 0 Å². The van der Waals surface area contributed by atoms with Crippen molar-refractivity contribution in [3.05, 3.63) is 29.3 Å². The van der Waals surface area contributed by atoms with Gasteiger partial charge < -0.3 is 14.5 Å². The molecule has 0 aliphatic carbocycles. The first-order chi connectivity index (χ1) is 13.2. The van der Waals surface area contributed by atoms with E-state index in [4.69, 9.17) is 4.74 Å². The summed E-state index contributed by atoms with van der Waals surface area (Å²) in [5, 5.41) is 0. The van der Waals surface area contributed by atoms with Crippen LogP contribution in [0.2, 0.25) is 0 Å². The zero-order valence-electron chi connectivity index (χ0n) is 18.5. The van der Waals surface area contributed by atoms with Crippen LogP contribution in [0.1, 0.15) is 71.6 Å². The van der Waals surface area contributed by atoms with E-state index in [-0.39, 0.29) is 6.09 Å². The lowest BCUT2D eigenvalue weighted by Gasteiger charge is -2.37. The Morgan fingerprint density at radius 2 is 1.86 bits per heavy atom. The molecule has 5 heteroatoms. The number of anilines is 1. The smallest absolute Gasteiger partial charge is 0.410 e. The van der Waals surface area contributed by atoms with E-state index in [1.807, 2.05) is 25.7 Å². The number of fused-ring (bicyclic) bond motifs is 1. The average Bonchev–Trinajstić information content (AvgIpc) is 3.03. The quantitative estimate of drug-likeness (QED) is 0.743. The van der Waals surface area contributed by atoms with Crippen LogP contribution >= 0.6 is 0 Å². The van der Waals surface area contributed by atoms with E-state index in [9.17, 15) is 4.79 Å². The van der Waals surface area contributed by atoms with E-state index in [1.165, 1.54) is 23.2 Å². The van der Waals surface area contributed by atoms with Crippen molar-refractivity contribution in [2.24, 2.45) is 0 Å². The molecule has 5 nitrogen and oxygen atoms in total. The van der Waals surface area contributed by atoms with E-state index < -0.39 is 5.60 Å². The fraction of sp³-hybridized carbons (Fsp3) is 0.696. The monoisotopic (exact) mass is 387 g/mol. The Bertz CT molecular complexity index is 690. The SMILES string of the molecule is CCC(C)N1Cc2cc(N3CCN(C(=O)OC(C)(C)C)CC3)ccc2C1CC. The number of carbonyl (C=O) groups is 1. The maximum atomic E-state index is 12.3. The van der Waals surface area contributed by atoms with Crippen molar-refractivity contribution in [1.82, 2.24) is 9.80 Å². The van der Waals surface area contributed by atoms with Gasteiger partial charge in [0.25, 0.3) is 0 Å². The van der Waals surface area contributed by atoms with Crippen LogP contribution in [-0.2, 0) is 11.3 Å². The fourth-order valence-electron chi connectivity index (χ4n) is 4.36. The van der Waals surface area contributed by atoms with Crippen molar-refractivity contribution >= 4 is 11.8 Å². The number of nitrogens with zero attached hydrogens (tertiary/aromatic N) is 3. The lowest BCUT2D eigenvalue weighted by Crippen LogP contribution is -2.50. The van der Waals surface area contributed by atoms with E-state index >= 15 is 0 Å². The molecule has 2 aliphatic heterocycles. The van der Waals surface area contributed by atoms with Crippen LogP contribution in [0.15, 0.2) is 18.2 Å². The second-order valence-corrected chi connectivity index (χ2v) is 9.19. The first-order valence-electron chi connectivity index (χ1n) is 10.8. The molecule has 0 aromatic heterocycles. The maximum Gasteiger partial charge on any atom is 0.410 e. The predicted octanol–water partition coefficient (Wildman–Crippen LogP) is 4.81. The molecule has 0 radical (unpaired) electrons. The molecule has 1 aromatic carbocycles. The van der Waals surface area contributed by atoms with E-state index in [2.05, 4.69) is 48.8 Å². The summed E-state index contributed by atoms with van der Waals surface area (Å²) in [6.07, 6.45) is 2.14. The van der Waals surface area contributed by atoms with Crippen molar-refractivity contribution < 1.29 is 9.53 Å². The highest BCUT2D eigenvalue weighted by Crippen LogP contribution is 2.39. The van der Waals surface area contributed by atoms with Gasteiger partial charge in [0.05, 0.1) is 0 Å². The van der Waals surface area contributed by atoms with E-state index in [0.29, 0.717) is 25.2 Å². The minimum Gasteiger partial charge on any atom is -0.444 e. The third-order valence-electron chi connectivity index (χ3n) is 6.08. The Morgan fingerprint density at radius 3 is 2.43 bits per heavy atom. The fourth-order valence-corrected chi connectivity index (χ4v) is 4.36. The molecule has 2 atom stereocenters. The van der Waals surface area contributed by atoms with Gasteiger partial charge in [-0.25, -0.2) is 4.79 Å². The largest absolute Gasteiger partial charge is 0.444 e. The van der Waals surface area contributed by atoms with Crippen molar-refractivity contribution in [2.75, 3.05) is 31.1 Å². The first kappa shape index (κ1) is 21.0. The summed E-state index contributed by atoms with van der Waals surface area (Å²) in [5.41, 5.74) is 3.81. The average molecular weight is 388 g/mol. The molecule has 0 bridgehead atoms. The topological polar surface area (TPSA) is 36.0 Å². The third-order valence-corrected chi connectivity index (χ3v) is 6.08. The molecule has 2 aliphatic rings. The van der Waals surface area contributed by atoms with Crippen LogP contribution in [0.4, 0.5) is 10.5 Å². The minimum absolute atomic E-state index is 0.198. The highest BCUT2D eigenvalue weighted by Gasteiger charge is 2.32. The molecule has 0 N–H and O–H groups in total. The van der Waals surface area contributed by atoms with Crippen molar-refractivity contribution in [3.8, 4) is 0 Å². The number of hydrogen-bond donors (Lipinski definition) is 0. The van der Waals surface area contributed by atoms with Crippen LogP contribution in [-0.4, -0.2) is 53.7 Å². The van der Waals surface area contributed by atoms with Crippen LogP contribution in [0.3, 0.4) is 0 Å². The van der Waals surface area contributed by atoms with Gasteiger partial charge in [-0.15, -0.1) is 0 Å². The molecule has 1 amide bonds. The van der Waals surface area contributed by atoms with Crippen LogP contribution in [0, 0.1) is 0 Å². The molecular weight excluding hydrogens is 350 g/mol. The summed E-state index contributed by atoms with van der Waals surface area (Å²) >= 11 is 0. The maximum absolute atomic E-state index is 12.3. The van der Waals surface area contributed by atoms with Gasteiger partial charge in [-0.2, -0.15) is 0 Å². The summed E-state index contributed by atoms with van der Waals surface area (Å²) in [4.78, 5) is 19.2. The molecule has 0 spiro atoms. The number of carbonyl (C=O) groups excluding carboxylic acids is 1. The Labute approximate surface area is 170 Å². The molecule has 28 heavy (non-hydrogen) atoms. The molecule has 0 saturated carbocycles. The molecular formula is C23H37N3O2. The zero-order chi connectivity index (χ0) is 20.5. The Kier molecular flexibility index (Phi) is 6.23. The third kappa shape index (κ3) is 4.45. The Hall–Kier alpha value is -1.75. The highest BCUT2D eigenvalue weighted by atomic mass is 16.6. The van der Waals surface area contributed by atoms with Gasteiger partial charge in [0.15, 0.2) is 0 Å².